The largest absolute Gasteiger partial charge is 0.435 e. The van der Waals surface area contributed by atoms with E-state index >= 15 is 0 Å². The van der Waals surface area contributed by atoms with Crippen LogP contribution in [0.2, 0.25) is 0 Å². The molecule has 2 aromatic carbocycles. The molecule has 11 heteroatoms. The summed E-state index contributed by atoms with van der Waals surface area (Å²) in [5.74, 6) is -0.971. The maximum absolute atomic E-state index is 12.5. The Morgan fingerprint density at radius 3 is 2.24 bits per heavy atom. The number of nitrogens with one attached hydrogen (secondary N) is 1. The van der Waals surface area contributed by atoms with Gasteiger partial charge in [0.05, 0.1) is 6.54 Å². The van der Waals surface area contributed by atoms with E-state index < -0.39 is 22.5 Å². The maximum atomic E-state index is 12.5. The lowest BCUT2D eigenvalue weighted by atomic mass is 10.2. The molecule has 0 radical (unpaired) electrons. The summed E-state index contributed by atoms with van der Waals surface area (Å²) in [6.07, 6.45) is 1.52. The van der Waals surface area contributed by atoms with E-state index in [4.69, 9.17) is 0 Å². The van der Waals surface area contributed by atoms with Gasteiger partial charge in [0.1, 0.15) is 5.75 Å². The quantitative estimate of drug-likeness (QED) is 0.626. The van der Waals surface area contributed by atoms with E-state index in [9.17, 15) is 26.8 Å². The van der Waals surface area contributed by atoms with Crippen LogP contribution in [0.5, 0.6) is 5.75 Å². The van der Waals surface area contributed by atoms with Gasteiger partial charge >= 0.3 is 6.61 Å². The number of piperazine rings is 1. The van der Waals surface area contributed by atoms with Gasteiger partial charge in [0.15, 0.2) is 0 Å². The van der Waals surface area contributed by atoms with Gasteiger partial charge in [0, 0.05) is 37.2 Å². The Labute approximate surface area is 190 Å². The van der Waals surface area contributed by atoms with E-state index in [1.54, 1.807) is 12.1 Å². The van der Waals surface area contributed by atoms with Crippen LogP contribution in [0.1, 0.15) is 15.9 Å². The molecule has 0 unspecified atom stereocenters. The highest BCUT2D eigenvalue weighted by Crippen LogP contribution is 2.15. The number of amides is 2. The number of carbonyl (C=O) groups excluding carboxylic acids is 2. The molecule has 1 heterocycles. The number of benzene rings is 2. The predicted octanol–water partition coefficient (Wildman–Crippen LogP) is 2.16. The topological polar surface area (TPSA) is 96.0 Å². The van der Waals surface area contributed by atoms with E-state index in [1.165, 1.54) is 39.5 Å². The highest BCUT2D eigenvalue weighted by molar-refractivity contribution is 7.92. The van der Waals surface area contributed by atoms with Crippen LogP contribution in [0.15, 0.2) is 60.0 Å². The molecule has 2 aromatic rings. The van der Waals surface area contributed by atoms with E-state index in [-0.39, 0.29) is 49.9 Å². The molecule has 0 atom stereocenters. The summed E-state index contributed by atoms with van der Waals surface area (Å²) in [6.45, 7) is -2.54. The van der Waals surface area contributed by atoms with Crippen molar-refractivity contribution in [3.63, 3.8) is 0 Å². The molecule has 1 saturated heterocycles. The molecule has 1 fully saturated rings. The van der Waals surface area contributed by atoms with Gasteiger partial charge in [-0.25, -0.2) is 8.42 Å². The molecule has 0 bridgehead atoms. The highest BCUT2D eigenvalue weighted by Gasteiger charge is 2.27. The predicted molar refractivity (Wildman–Crippen MR) is 118 cm³/mol. The van der Waals surface area contributed by atoms with Crippen LogP contribution in [-0.2, 0) is 14.8 Å². The summed E-state index contributed by atoms with van der Waals surface area (Å²) in [7, 11) is -3.62. The summed E-state index contributed by atoms with van der Waals surface area (Å²) >= 11 is 0. The second-order valence-corrected chi connectivity index (χ2v) is 8.94. The number of ether oxygens (including phenoxy) is 1. The Kier molecular flexibility index (Phi) is 8.12. The monoisotopic (exact) mass is 479 g/mol. The minimum atomic E-state index is -3.62. The number of hydrogen-bond acceptors (Lipinski definition) is 5. The molecule has 0 spiro atoms. The molecule has 176 valence electrons. The van der Waals surface area contributed by atoms with Crippen molar-refractivity contribution in [1.82, 2.24) is 14.5 Å². The number of sulfonamides is 1. The van der Waals surface area contributed by atoms with Crippen molar-refractivity contribution in [1.29, 1.82) is 0 Å². The van der Waals surface area contributed by atoms with Gasteiger partial charge in [-0.1, -0.05) is 30.3 Å². The summed E-state index contributed by atoms with van der Waals surface area (Å²) in [4.78, 5) is 26.1. The first-order valence-electron chi connectivity index (χ1n) is 10.1. The van der Waals surface area contributed by atoms with E-state index in [0.29, 0.717) is 0 Å². The fraction of sp³-hybridized carbons (Fsp3) is 0.273. The zero-order valence-corrected chi connectivity index (χ0v) is 18.4. The Morgan fingerprint density at radius 1 is 1.00 bits per heavy atom. The standard InChI is InChI=1S/C22H23F2N3O5S/c23-22(24)32-19-8-6-18(7-9-19)21(29)25-16-20(28)26-11-13-27(14-12-26)33(30,31)15-10-17-4-2-1-3-5-17/h1-10,15,22H,11-14,16H2,(H,25,29). The summed E-state index contributed by atoms with van der Waals surface area (Å²) < 4.78 is 54.9. The van der Waals surface area contributed by atoms with Gasteiger partial charge in [-0.2, -0.15) is 13.1 Å². The Morgan fingerprint density at radius 2 is 1.64 bits per heavy atom. The molecule has 0 aromatic heterocycles. The van der Waals surface area contributed by atoms with Gasteiger partial charge in [0.2, 0.25) is 15.9 Å². The third-order valence-corrected chi connectivity index (χ3v) is 6.49. The lowest BCUT2D eigenvalue weighted by Crippen LogP contribution is -2.52. The Balaban J connectivity index is 1.46. The lowest BCUT2D eigenvalue weighted by molar-refractivity contribution is -0.131. The fourth-order valence-corrected chi connectivity index (χ4v) is 4.34. The Hall–Kier alpha value is -3.31. The molecule has 1 aliphatic rings. The van der Waals surface area contributed by atoms with Gasteiger partial charge in [-0.15, -0.1) is 0 Å². The van der Waals surface area contributed by atoms with E-state index in [0.717, 1.165) is 11.0 Å². The molecule has 1 aliphatic heterocycles. The maximum Gasteiger partial charge on any atom is 0.387 e. The van der Waals surface area contributed by atoms with Crippen molar-refractivity contribution in [2.75, 3.05) is 32.7 Å². The van der Waals surface area contributed by atoms with Gasteiger partial charge in [0.25, 0.3) is 5.91 Å². The second-order valence-electron chi connectivity index (χ2n) is 7.12. The molecule has 3 rings (SSSR count). The molecule has 1 N–H and O–H groups in total. The van der Waals surface area contributed by atoms with Crippen LogP contribution < -0.4 is 10.1 Å². The van der Waals surface area contributed by atoms with Crippen molar-refractivity contribution >= 4 is 27.9 Å². The third kappa shape index (κ3) is 7.09. The zero-order valence-electron chi connectivity index (χ0n) is 17.6. The Bertz CT molecular complexity index is 1080. The summed E-state index contributed by atoms with van der Waals surface area (Å²) in [5, 5.41) is 3.62. The van der Waals surface area contributed by atoms with Crippen LogP contribution >= 0.6 is 0 Å². The first kappa shape index (κ1) is 24.3. The van der Waals surface area contributed by atoms with Crippen molar-refractivity contribution in [2.45, 2.75) is 6.61 Å². The third-order valence-electron chi connectivity index (χ3n) is 4.93. The van der Waals surface area contributed by atoms with Crippen LogP contribution in [-0.4, -0.2) is 68.8 Å². The van der Waals surface area contributed by atoms with Crippen LogP contribution in [0.25, 0.3) is 6.08 Å². The normalized spacial score (nSPS) is 15.1. The molecule has 8 nitrogen and oxygen atoms in total. The van der Waals surface area contributed by atoms with Gasteiger partial charge in [-0.05, 0) is 35.9 Å². The number of rotatable bonds is 8. The summed E-state index contributed by atoms with van der Waals surface area (Å²) in [5.41, 5.74) is 0.951. The van der Waals surface area contributed by atoms with E-state index in [2.05, 4.69) is 10.1 Å². The SMILES string of the molecule is O=C(NCC(=O)N1CCN(S(=O)(=O)C=Cc2ccccc2)CC1)c1ccc(OC(F)F)cc1. The lowest BCUT2D eigenvalue weighted by Gasteiger charge is -2.33. The summed E-state index contributed by atoms with van der Waals surface area (Å²) in [6, 6.07) is 14.1. The van der Waals surface area contributed by atoms with Gasteiger partial charge in [-0.3, -0.25) is 9.59 Å². The first-order valence-corrected chi connectivity index (χ1v) is 11.6. The molecule has 2 amide bonds. The number of nitrogens with zero attached hydrogens (tertiary/aromatic N) is 2. The minimum absolute atomic E-state index is 0.0796. The average Bonchev–Trinajstić information content (AvgIpc) is 2.82. The van der Waals surface area contributed by atoms with Crippen molar-refractivity contribution in [3.05, 3.63) is 71.1 Å². The number of carbonyl (C=O) groups is 2. The smallest absolute Gasteiger partial charge is 0.387 e. The average molecular weight is 480 g/mol. The molecule has 0 saturated carbocycles. The van der Waals surface area contributed by atoms with Crippen LogP contribution in [0, 0.1) is 0 Å². The highest BCUT2D eigenvalue weighted by atomic mass is 32.2. The van der Waals surface area contributed by atoms with Crippen molar-refractivity contribution in [2.24, 2.45) is 0 Å². The second kappa shape index (κ2) is 11.0. The van der Waals surface area contributed by atoms with E-state index in [1.807, 2.05) is 18.2 Å². The number of alkyl halides is 2. The van der Waals surface area contributed by atoms with Gasteiger partial charge < -0.3 is 15.0 Å². The molecular weight excluding hydrogens is 456 g/mol. The van der Waals surface area contributed by atoms with Crippen molar-refractivity contribution < 1.29 is 31.5 Å². The van der Waals surface area contributed by atoms with Crippen LogP contribution in [0.4, 0.5) is 8.78 Å². The molecular formula is C22H23F2N3O5S. The fourth-order valence-electron chi connectivity index (χ4n) is 3.16. The van der Waals surface area contributed by atoms with Crippen molar-refractivity contribution in [3.8, 4) is 5.75 Å². The number of halogens is 2. The molecule has 0 aliphatic carbocycles. The molecule has 33 heavy (non-hydrogen) atoms. The van der Waals surface area contributed by atoms with Crippen LogP contribution in [0.3, 0.4) is 0 Å². The zero-order chi connectivity index (χ0) is 23.8. The minimum Gasteiger partial charge on any atom is -0.435 e. The number of hydrogen-bond donors (Lipinski definition) is 1. The first-order chi connectivity index (χ1) is 15.7.